The van der Waals surface area contributed by atoms with Gasteiger partial charge in [-0.2, -0.15) is 4.98 Å². The number of hydrogen-bond acceptors (Lipinski definition) is 5. The molecule has 15 heavy (non-hydrogen) atoms. The van der Waals surface area contributed by atoms with Crippen LogP contribution in [-0.4, -0.2) is 29.9 Å². The van der Waals surface area contributed by atoms with Crippen LogP contribution in [0.3, 0.4) is 0 Å². The van der Waals surface area contributed by atoms with Crippen LogP contribution in [0.2, 0.25) is 0 Å². The van der Waals surface area contributed by atoms with Crippen LogP contribution in [0, 0.1) is 12.8 Å². The van der Waals surface area contributed by atoms with E-state index in [4.69, 9.17) is 9.26 Å². The van der Waals surface area contributed by atoms with Gasteiger partial charge < -0.3 is 14.6 Å². The number of aryl methyl sites for hydroxylation is 1. The molecule has 1 heterocycles. The van der Waals surface area contributed by atoms with Gasteiger partial charge in [0.15, 0.2) is 5.82 Å². The Morgan fingerprint density at radius 2 is 2.40 bits per heavy atom. The van der Waals surface area contributed by atoms with Crippen molar-refractivity contribution in [3.63, 3.8) is 0 Å². The second kappa shape index (κ2) is 4.72. The first-order chi connectivity index (χ1) is 7.29. The monoisotopic (exact) mass is 211 g/mol. The Morgan fingerprint density at radius 1 is 1.60 bits per heavy atom. The smallest absolute Gasteiger partial charge is 0.223 e. The van der Waals surface area contributed by atoms with Crippen molar-refractivity contribution in [3.8, 4) is 0 Å². The van der Waals surface area contributed by atoms with Gasteiger partial charge in [0.1, 0.15) is 0 Å². The number of aromatic nitrogens is 2. The van der Waals surface area contributed by atoms with Gasteiger partial charge in [0.2, 0.25) is 5.89 Å². The topological polar surface area (TPSA) is 60.2 Å². The van der Waals surface area contributed by atoms with E-state index in [9.17, 15) is 0 Å². The predicted octanol–water partition coefficient (Wildman–Crippen LogP) is 0.893. The van der Waals surface area contributed by atoms with E-state index in [0.717, 1.165) is 12.5 Å². The van der Waals surface area contributed by atoms with Gasteiger partial charge in [-0.15, -0.1) is 0 Å². The van der Waals surface area contributed by atoms with Crippen molar-refractivity contribution < 1.29 is 9.26 Å². The van der Waals surface area contributed by atoms with Gasteiger partial charge in [-0.3, -0.25) is 0 Å². The summed E-state index contributed by atoms with van der Waals surface area (Å²) in [6.45, 7) is 3.20. The van der Waals surface area contributed by atoms with E-state index < -0.39 is 0 Å². The third-order valence-corrected chi connectivity index (χ3v) is 2.63. The molecule has 5 heteroatoms. The summed E-state index contributed by atoms with van der Waals surface area (Å²) in [5, 5.41) is 7.24. The van der Waals surface area contributed by atoms with Gasteiger partial charge in [-0.1, -0.05) is 5.16 Å². The van der Waals surface area contributed by atoms with Crippen molar-refractivity contribution in [3.05, 3.63) is 11.7 Å². The number of rotatable bonds is 6. The summed E-state index contributed by atoms with van der Waals surface area (Å²) in [6.07, 6.45) is 2.60. The molecule has 1 N–H and O–H groups in total. The van der Waals surface area contributed by atoms with E-state index in [2.05, 4.69) is 15.5 Å². The fourth-order valence-corrected chi connectivity index (χ4v) is 1.68. The highest BCUT2D eigenvalue weighted by Crippen LogP contribution is 2.32. The summed E-state index contributed by atoms with van der Waals surface area (Å²) in [5.41, 5.74) is 0. The highest BCUT2D eigenvalue weighted by molar-refractivity contribution is 4.89. The number of nitrogens with zero attached hydrogens (tertiary/aromatic N) is 2. The Morgan fingerprint density at radius 3 is 2.93 bits per heavy atom. The largest absolute Gasteiger partial charge is 0.383 e. The van der Waals surface area contributed by atoms with E-state index in [0.29, 0.717) is 24.3 Å². The molecule has 1 atom stereocenters. The normalized spacial score (nSPS) is 18.0. The van der Waals surface area contributed by atoms with Crippen molar-refractivity contribution in [1.82, 2.24) is 15.5 Å². The standard InChI is InChI=1S/C10H17N3O2/c1-7-12-10(13-15-7)5-11-9(6-14-2)8-3-4-8/h8-9,11H,3-6H2,1-2H3/t9-/m1/s1. The van der Waals surface area contributed by atoms with Crippen LogP contribution >= 0.6 is 0 Å². The molecule has 1 aromatic heterocycles. The lowest BCUT2D eigenvalue weighted by atomic mass is 10.2. The minimum absolute atomic E-state index is 0.425. The lowest BCUT2D eigenvalue weighted by molar-refractivity contribution is 0.156. The van der Waals surface area contributed by atoms with Gasteiger partial charge in [0.05, 0.1) is 13.2 Å². The minimum Gasteiger partial charge on any atom is -0.383 e. The summed E-state index contributed by atoms with van der Waals surface area (Å²) < 4.78 is 10.1. The van der Waals surface area contributed by atoms with E-state index in [-0.39, 0.29) is 0 Å². The number of hydrogen-bond donors (Lipinski definition) is 1. The highest BCUT2D eigenvalue weighted by atomic mass is 16.5. The molecule has 1 aliphatic rings. The quantitative estimate of drug-likeness (QED) is 0.757. The maximum atomic E-state index is 5.17. The molecule has 0 spiro atoms. The first kappa shape index (κ1) is 10.6. The number of nitrogens with one attached hydrogen (secondary N) is 1. The second-order valence-electron chi connectivity index (χ2n) is 4.01. The molecule has 0 radical (unpaired) electrons. The molecule has 0 unspecified atom stereocenters. The maximum Gasteiger partial charge on any atom is 0.223 e. The van der Waals surface area contributed by atoms with Crippen LogP contribution in [0.4, 0.5) is 0 Å². The second-order valence-corrected chi connectivity index (χ2v) is 4.01. The molecule has 0 amide bonds. The Bertz CT molecular complexity index is 309. The fourth-order valence-electron chi connectivity index (χ4n) is 1.68. The van der Waals surface area contributed by atoms with Gasteiger partial charge in [-0.25, -0.2) is 0 Å². The third-order valence-electron chi connectivity index (χ3n) is 2.63. The van der Waals surface area contributed by atoms with Gasteiger partial charge in [0.25, 0.3) is 0 Å². The molecule has 0 aliphatic heterocycles. The molecule has 0 aromatic carbocycles. The molecule has 1 aromatic rings. The number of ether oxygens (including phenoxy) is 1. The van der Waals surface area contributed by atoms with Crippen molar-refractivity contribution >= 4 is 0 Å². The van der Waals surface area contributed by atoms with Crippen LogP contribution < -0.4 is 5.32 Å². The predicted molar refractivity (Wildman–Crippen MR) is 54.3 cm³/mol. The summed E-state index contributed by atoms with van der Waals surface area (Å²) in [7, 11) is 1.73. The molecule has 0 saturated heterocycles. The van der Waals surface area contributed by atoms with Gasteiger partial charge in [-0.05, 0) is 18.8 Å². The molecule has 1 aliphatic carbocycles. The van der Waals surface area contributed by atoms with E-state index in [1.165, 1.54) is 12.8 Å². The van der Waals surface area contributed by atoms with Crippen LogP contribution in [0.1, 0.15) is 24.6 Å². The Labute approximate surface area is 89.2 Å². The molecule has 1 fully saturated rings. The fraction of sp³-hybridized carbons (Fsp3) is 0.800. The summed E-state index contributed by atoms with van der Waals surface area (Å²) in [6, 6.07) is 0.425. The molecule has 2 rings (SSSR count). The van der Waals surface area contributed by atoms with Crippen molar-refractivity contribution in [2.45, 2.75) is 32.4 Å². The zero-order valence-electron chi connectivity index (χ0n) is 9.19. The molecular weight excluding hydrogens is 194 g/mol. The average molecular weight is 211 g/mol. The van der Waals surface area contributed by atoms with E-state index in [1.807, 2.05) is 0 Å². The van der Waals surface area contributed by atoms with Gasteiger partial charge >= 0.3 is 0 Å². The number of methoxy groups -OCH3 is 1. The third kappa shape index (κ3) is 3.00. The van der Waals surface area contributed by atoms with Crippen LogP contribution in [-0.2, 0) is 11.3 Å². The minimum atomic E-state index is 0.425. The zero-order chi connectivity index (χ0) is 10.7. The Hall–Kier alpha value is -0.940. The molecule has 0 bridgehead atoms. The van der Waals surface area contributed by atoms with Crippen LogP contribution in [0.25, 0.3) is 0 Å². The Kier molecular flexibility index (Phi) is 3.33. The van der Waals surface area contributed by atoms with E-state index in [1.54, 1.807) is 14.0 Å². The first-order valence-electron chi connectivity index (χ1n) is 5.31. The van der Waals surface area contributed by atoms with E-state index >= 15 is 0 Å². The molecule has 1 saturated carbocycles. The molecule has 5 nitrogen and oxygen atoms in total. The lowest BCUT2D eigenvalue weighted by Crippen LogP contribution is -2.34. The SMILES string of the molecule is COC[C@@H](NCc1noc(C)n1)C1CC1. The summed E-state index contributed by atoms with van der Waals surface area (Å²) >= 11 is 0. The van der Waals surface area contributed by atoms with Gasteiger partial charge in [0, 0.05) is 20.1 Å². The van der Waals surface area contributed by atoms with Crippen LogP contribution in [0.15, 0.2) is 4.52 Å². The maximum absolute atomic E-state index is 5.17. The van der Waals surface area contributed by atoms with Crippen molar-refractivity contribution in [2.24, 2.45) is 5.92 Å². The van der Waals surface area contributed by atoms with Crippen LogP contribution in [0.5, 0.6) is 0 Å². The average Bonchev–Trinajstić information content (AvgIpc) is 2.97. The van der Waals surface area contributed by atoms with Crippen molar-refractivity contribution in [1.29, 1.82) is 0 Å². The Balaban J connectivity index is 1.79. The van der Waals surface area contributed by atoms with Crippen molar-refractivity contribution in [2.75, 3.05) is 13.7 Å². The first-order valence-corrected chi connectivity index (χ1v) is 5.31. The highest BCUT2D eigenvalue weighted by Gasteiger charge is 2.30. The molecular formula is C10H17N3O2. The zero-order valence-corrected chi connectivity index (χ0v) is 9.19. The summed E-state index contributed by atoms with van der Waals surface area (Å²) in [5.74, 6) is 2.09. The summed E-state index contributed by atoms with van der Waals surface area (Å²) in [4.78, 5) is 4.14. The molecule has 84 valence electrons. The lowest BCUT2D eigenvalue weighted by Gasteiger charge is -2.15.